The van der Waals surface area contributed by atoms with Crippen LogP contribution >= 0.6 is 0 Å². The van der Waals surface area contributed by atoms with Gasteiger partial charge in [-0.25, -0.2) is 8.78 Å². The van der Waals surface area contributed by atoms with Crippen LogP contribution in [0.1, 0.15) is 41.6 Å². The van der Waals surface area contributed by atoms with E-state index in [2.05, 4.69) is 10.3 Å². The van der Waals surface area contributed by atoms with Gasteiger partial charge in [0, 0.05) is 38.4 Å². The number of hydrogen-bond acceptors (Lipinski definition) is 2. The molecule has 2 N–H and O–H groups in total. The number of carbonyl (C=O) groups excluding carboxylic acids is 2. The average Bonchev–Trinajstić information content (AvgIpc) is 3.21. The van der Waals surface area contributed by atoms with Gasteiger partial charge in [0.15, 0.2) is 11.6 Å². The summed E-state index contributed by atoms with van der Waals surface area (Å²) in [5.74, 6) is -1.65. The van der Waals surface area contributed by atoms with Gasteiger partial charge in [0.05, 0.1) is 5.56 Å². The van der Waals surface area contributed by atoms with Gasteiger partial charge in [-0.15, -0.1) is 0 Å². The summed E-state index contributed by atoms with van der Waals surface area (Å²) in [6.45, 7) is 1.56. The van der Waals surface area contributed by atoms with Crippen molar-refractivity contribution < 1.29 is 18.4 Å². The maximum atomic E-state index is 13.2. The minimum atomic E-state index is -0.920. The Morgan fingerprint density at radius 2 is 2.07 bits per heavy atom. The molecular weight excluding hydrogens is 352 g/mol. The lowest BCUT2D eigenvalue weighted by atomic mass is 9.93. The Morgan fingerprint density at radius 3 is 2.81 bits per heavy atom. The van der Waals surface area contributed by atoms with E-state index in [1.54, 1.807) is 18.5 Å². The summed E-state index contributed by atoms with van der Waals surface area (Å²) in [7, 11) is 0. The normalized spacial score (nSPS) is 17.0. The van der Waals surface area contributed by atoms with E-state index in [9.17, 15) is 18.4 Å². The number of nitrogens with zero attached hydrogens (tertiary/aromatic N) is 1. The van der Waals surface area contributed by atoms with Crippen LogP contribution in [0.15, 0.2) is 36.7 Å². The molecular formula is C20H23F2N3O2. The van der Waals surface area contributed by atoms with Gasteiger partial charge >= 0.3 is 0 Å². The van der Waals surface area contributed by atoms with Crippen LogP contribution in [0, 0.1) is 17.6 Å². The molecule has 5 nitrogen and oxygen atoms in total. The molecule has 1 fully saturated rings. The van der Waals surface area contributed by atoms with E-state index >= 15 is 0 Å². The first kappa shape index (κ1) is 19.1. The number of hydrogen-bond donors (Lipinski definition) is 2. The van der Waals surface area contributed by atoms with Crippen LogP contribution < -0.4 is 5.32 Å². The SMILES string of the molecule is O=C(CC[C@@H]1CCCN(C(=O)c2cc[nH]c2)C1)NCc1ccc(F)c(F)c1. The van der Waals surface area contributed by atoms with Crippen molar-refractivity contribution in [3.05, 3.63) is 59.4 Å². The molecule has 1 aromatic carbocycles. The van der Waals surface area contributed by atoms with Crippen molar-refractivity contribution in [2.45, 2.75) is 32.2 Å². The van der Waals surface area contributed by atoms with Crippen molar-refractivity contribution >= 4 is 11.8 Å². The molecule has 2 aromatic rings. The van der Waals surface area contributed by atoms with Crippen LogP contribution in [0.4, 0.5) is 8.78 Å². The summed E-state index contributed by atoms with van der Waals surface area (Å²) in [5.41, 5.74) is 1.17. The minimum absolute atomic E-state index is 0.0173. The maximum absolute atomic E-state index is 13.2. The third kappa shape index (κ3) is 5.15. The maximum Gasteiger partial charge on any atom is 0.255 e. The lowest BCUT2D eigenvalue weighted by Crippen LogP contribution is -2.40. The third-order valence-corrected chi connectivity index (χ3v) is 4.90. The van der Waals surface area contributed by atoms with Gasteiger partial charge < -0.3 is 15.2 Å². The molecule has 1 aliphatic rings. The first-order valence-corrected chi connectivity index (χ1v) is 9.15. The smallest absolute Gasteiger partial charge is 0.255 e. The summed E-state index contributed by atoms with van der Waals surface area (Å²) in [5, 5.41) is 2.73. The first-order valence-electron chi connectivity index (χ1n) is 9.15. The number of carbonyl (C=O) groups is 2. The second-order valence-electron chi connectivity index (χ2n) is 6.92. The largest absolute Gasteiger partial charge is 0.367 e. The van der Waals surface area contributed by atoms with Gasteiger partial charge in [-0.2, -0.15) is 0 Å². The zero-order valence-corrected chi connectivity index (χ0v) is 15.0. The molecule has 144 valence electrons. The van der Waals surface area contributed by atoms with E-state index < -0.39 is 11.6 Å². The van der Waals surface area contributed by atoms with Crippen LogP contribution in [-0.4, -0.2) is 34.8 Å². The number of benzene rings is 1. The Kier molecular flexibility index (Phi) is 6.21. The molecule has 0 bridgehead atoms. The minimum Gasteiger partial charge on any atom is -0.367 e. The Labute approximate surface area is 156 Å². The summed E-state index contributed by atoms with van der Waals surface area (Å²) in [6.07, 6.45) is 6.38. The number of halogens is 2. The third-order valence-electron chi connectivity index (χ3n) is 4.90. The molecule has 3 rings (SSSR count). The van der Waals surface area contributed by atoms with Crippen LogP contribution in [-0.2, 0) is 11.3 Å². The van der Waals surface area contributed by atoms with E-state index in [1.807, 2.05) is 4.90 Å². The molecule has 7 heteroatoms. The molecule has 1 aliphatic heterocycles. The van der Waals surface area contributed by atoms with Gasteiger partial charge in [0.2, 0.25) is 5.91 Å². The summed E-state index contributed by atoms with van der Waals surface area (Å²) >= 11 is 0. The van der Waals surface area contributed by atoms with Crippen molar-refractivity contribution in [3.8, 4) is 0 Å². The summed E-state index contributed by atoms with van der Waals surface area (Å²) in [6, 6.07) is 5.35. The van der Waals surface area contributed by atoms with Gasteiger partial charge in [-0.1, -0.05) is 6.07 Å². The zero-order valence-electron chi connectivity index (χ0n) is 15.0. The summed E-state index contributed by atoms with van der Waals surface area (Å²) in [4.78, 5) is 29.2. The van der Waals surface area contributed by atoms with Crippen molar-refractivity contribution in [1.29, 1.82) is 0 Å². The Hall–Kier alpha value is -2.70. The second kappa shape index (κ2) is 8.79. The number of amides is 2. The van der Waals surface area contributed by atoms with Crippen molar-refractivity contribution in [3.63, 3.8) is 0 Å². The molecule has 0 radical (unpaired) electrons. The predicted octanol–water partition coefficient (Wildman–Crippen LogP) is 3.24. The molecule has 1 atom stereocenters. The molecule has 1 aromatic heterocycles. The van der Waals surface area contributed by atoms with Gasteiger partial charge in [0.25, 0.3) is 5.91 Å². The number of rotatable bonds is 6. The van der Waals surface area contributed by atoms with E-state index in [-0.39, 0.29) is 24.3 Å². The number of H-pyrrole nitrogens is 1. The molecule has 2 heterocycles. The van der Waals surface area contributed by atoms with Gasteiger partial charge in [0.1, 0.15) is 0 Å². The number of likely N-dealkylation sites (tertiary alicyclic amines) is 1. The fraction of sp³-hybridized carbons (Fsp3) is 0.400. The Balaban J connectivity index is 1.43. The number of nitrogens with one attached hydrogen (secondary N) is 2. The predicted molar refractivity (Wildman–Crippen MR) is 96.9 cm³/mol. The number of aromatic amines is 1. The Morgan fingerprint density at radius 1 is 1.22 bits per heavy atom. The van der Waals surface area contributed by atoms with Crippen LogP contribution in [0.25, 0.3) is 0 Å². The van der Waals surface area contributed by atoms with Crippen LogP contribution in [0.2, 0.25) is 0 Å². The molecule has 27 heavy (non-hydrogen) atoms. The van der Waals surface area contributed by atoms with E-state index in [0.717, 1.165) is 31.5 Å². The fourth-order valence-electron chi connectivity index (χ4n) is 3.40. The highest BCUT2D eigenvalue weighted by Gasteiger charge is 2.25. The monoisotopic (exact) mass is 375 g/mol. The second-order valence-corrected chi connectivity index (χ2v) is 6.92. The quantitative estimate of drug-likeness (QED) is 0.814. The highest BCUT2D eigenvalue weighted by Crippen LogP contribution is 2.22. The van der Waals surface area contributed by atoms with Gasteiger partial charge in [-0.05, 0) is 48.9 Å². The first-order chi connectivity index (χ1) is 13.0. The lowest BCUT2D eigenvalue weighted by Gasteiger charge is -2.32. The van der Waals surface area contributed by atoms with E-state index in [1.165, 1.54) is 6.07 Å². The molecule has 0 saturated carbocycles. The molecule has 0 aliphatic carbocycles. The summed E-state index contributed by atoms with van der Waals surface area (Å²) < 4.78 is 26.1. The molecule has 0 spiro atoms. The van der Waals surface area contributed by atoms with Crippen molar-refractivity contribution in [2.24, 2.45) is 5.92 Å². The van der Waals surface area contributed by atoms with Crippen LogP contribution in [0.5, 0.6) is 0 Å². The fourth-order valence-corrected chi connectivity index (χ4v) is 3.40. The highest BCUT2D eigenvalue weighted by atomic mass is 19.2. The molecule has 1 saturated heterocycles. The van der Waals surface area contributed by atoms with Crippen molar-refractivity contribution in [1.82, 2.24) is 15.2 Å². The molecule has 0 unspecified atom stereocenters. The zero-order chi connectivity index (χ0) is 19.2. The lowest BCUT2D eigenvalue weighted by molar-refractivity contribution is -0.121. The van der Waals surface area contributed by atoms with Crippen molar-refractivity contribution in [2.75, 3.05) is 13.1 Å². The topological polar surface area (TPSA) is 65.2 Å². The van der Waals surface area contributed by atoms with E-state index in [4.69, 9.17) is 0 Å². The average molecular weight is 375 g/mol. The van der Waals surface area contributed by atoms with Crippen LogP contribution in [0.3, 0.4) is 0 Å². The molecule has 2 amide bonds. The number of piperidine rings is 1. The highest BCUT2D eigenvalue weighted by molar-refractivity contribution is 5.94. The van der Waals surface area contributed by atoms with E-state index in [0.29, 0.717) is 30.5 Å². The number of aromatic nitrogens is 1. The van der Waals surface area contributed by atoms with Gasteiger partial charge in [-0.3, -0.25) is 9.59 Å². The standard InChI is InChI=1S/C20H23F2N3O2/c21-17-5-3-15(10-18(17)22)11-24-19(26)6-4-14-2-1-9-25(13-14)20(27)16-7-8-23-12-16/h3,5,7-8,10,12,14,23H,1-2,4,6,9,11,13H2,(H,24,26)/t14-/m0/s1. The Bertz CT molecular complexity index is 793.